The van der Waals surface area contributed by atoms with Crippen molar-refractivity contribution in [3.05, 3.63) is 64.7 Å². The highest BCUT2D eigenvalue weighted by molar-refractivity contribution is 6.31. The molecule has 0 saturated heterocycles. The van der Waals surface area contributed by atoms with Crippen molar-refractivity contribution in [1.82, 2.24) is 4.90 Å². The van der Waals surface area contributed by atoms with Crippen molar-refractivity contribution < 1.29 is 9.53 Å². The lowest BCUT2D eigenvalue weighted by molar-refractivity contribution is -0.129. The maximum absolute atomic E-state index is 12.2. The Morgan fingerprint density at radius 3 is 2.43 bits per heavy atom. The summed E-state index contributed by atoms with van der Waals surface area (Å²) in [5.74, 6) is 0.850. The fraction of sp³-hybridized carbons (Fsp3) is 0.235. The molecular weight excluding hydrogens is 286 g/mol. The standard InChI is InChI=1S/C17H18ClNO2/c1-19(12-13-7-9-15(21-2)10-8-13)17(20)11-14-5-3-4-6-16(14)18/h3-10H,11-12H2,1-2H3. The Balaban J connectivity index is 1.97. The summed E-state index contributed by atoms with van der Waals surface area (Å²) in [5, 5.41) is 0.628. The molecule has 0 aliphatic carbocycles. The van der Waals surface area contributed by atoms with E-state index in [0.717, 1.165) is 16.9 Å². The van der Waals surface area contributed by atoms with Crippen LogP contribution in [0.25, 0.3) is 0 Å². The molecule has 110 valence electrons. The van der Waals surface area contributed by atoms with Crippen LogP contribution >= 0.6 is 11.6 Å². The molecule has 3 nitrogen and oxygen atoms in total. The fourth-order valence-corrected chi connectivity index (χ4v) is 2.24. The van der Waals surface area contributed by atoms with E-state index in [-0.39, 0.29) is 5.91 Å². The minimum atomic E-state index is 0.0407. The van der Waals surface area contributed by atoms with E-state index < -0.39 is 0 Å². The number of likely N-dealkylation sites (N-methyl/N-ethyl adjacent to an activating group) is 1. The van der Waals surface area contributed by atoms with Crippen LogP contribution in [0, 0.1) is 0 Å². The largest absolute Gasteiger partial charge is 0.497 e. The van der Waals surface area contributed by atoms with Crippen molar-refractivity contribution in [2.75, 3.05) is 14.2 Å². The second-order valence-corrected chi connectivity index (χ2v) is 5.27. The zero-order valence-corrected chi connectivity index (χ0v) is 12.9. The second-order valence-electron chi connectivity index (χ2n) is 4.87. The Morgan fingerprint density at radius 2 is 1.81 bits per heavy atom. The SMILES string of the molecule is COc1ccc(CN(C)C(=O)Cc2ccccc2Cl)cc1. The molecule has 0 N–H and O–H groups in total. The first-order chi connectivity index (χ1) is 10.1. The Morgan fingerprint density at radius 1 is 1.14 bits per heavy atom. The molecule has 4 heteroatoms. The van der Waals surface area contributed by atoms with E-state index in [4.69, 9.17) is 16.3 Å². The van der Waals surface area contributed by atoms with E-state index in [1.807, 2.05) is 42.5 Å². The molecule has 2 rings (SSSR count). The predicted octanol–water partition coefficient (Wildman–Crippen LogP) is 3.55. The van der Waals surface area contributed by atoms with Crippen LogP contribution in [0.3, 0.4) is 0 Å². The third kappa shape index (κ3) is 4.23. The number of rotatable bonds is 5. The normalized spacial score (nSPS) is 10.2. The highest BCUT2D eigenvalue weighted by atomic mass is 35.5. The molecule has 0 atom stereocenters. The minimum Gasteiger partial charge on any atom is -0.497 e. The maximum atomic E-state index is 12.2. The average Bonchev–Trinajstić information content (AvgIpc) is 2.50. The third-order valence-corrected chi connectivity index (χ3v) is 3.67. The van der Waals surface area contributed by atoms with Gasteiger partial charge in [-0.2, -0.15) is 0 Å². The summed E-state index contributed by atoms with van der Waals surface area (Å²) in [6.07, 6.45) is 0.312. The van der Waals surface area contributed by atoms with Crippen molar-refractivity contribution in [3.8, 4) is 5.75 Å². The Bertz CT molecular complexity index is 610. The lowest BCUT2D eigenvalue weighted by atomic mass is 10.1. The number of carbonyl (C=O) groups excluding carboxylic acids is 1. The molecule has 0 spiro atoms. The zero-order chi connectivity index (χ0) is 15.2. The average molecular weight is 304 g/mol. The van der Waals surface area contributed by atoms with E-state index >= 15 is 0 Å². The van der Waals surface area contributed by atoms with Gasteiger partial charge in [0.1, 0.15) is 5.75 Å². The first-order valence-electron chi connectivity index (χ1n) is 6.70. The molecule has 0 aliphatic heterocycles. The number of carbonyl (C=O) groups is 1. The number of hydrogen-bond acceptors (Lipinski definition) is 2. The maximum Gasteiger partial charge on any atom is 0.227 e. The Kier molecular flexibility index (Phi) is 5.23. The van der Waals surface area contributed by atoms with Gasteiger partial charge in [-0.3, -0.25) is 4.79 Å². The second kappa shape index (κ2) is 7.14. The van der Waals surface area contributed by atoms with Crippen LogP contribution in [0.5, 0.6) is 5.75 Å². The third-order valence-electron chi connectivity index (χ3n) is 3.30. The molecule has 2 aromatic rings. The van der Waals surface area contributed by atoms with E-state index in [2.05, 4.69) is 0 Å². The van der Waals surface area contributed by atoms with Gasteiger partial charge in [0.05, 0.1) is 13.5 Å². The van der Waals surface area contributed by atoms with Crippen LogP contribution in [0.2, 0.25) is 5.02 Å². The van der Waals surface area contributed by atoms with Gasteiger partial charge in [0.25, 0.3) is 0 Å². The van der Waals surface area contributed by atoms with E-state index in [0.29, 0.717) is 18.0 Å². The number of methoxy groups -OCH3 is 1. The predicted molar refractivity (Wildman–Crippen MR) is 84.6 cm³/mol. The Labute approximate surface area is 130 Å². The molecule has 0 bridgehead atoms. The zero-order valence-electron chi connectivity index (χ0n) is 12.2. The van der Waals surface area contributed by atoms with Crippen LogP contribution in [0.15, 0.2) is 48.5 Å². The van der Waals surface area contributed by atoms with Crippen molar-refractivity contribution in [2.45, 2.75) is 13.0 Å². The number of benzene rings is 2. The summed E-state index contributed by atoms with van der Waals surface area (Å²) in [5.41, 5.74) is 1.91. The molecule has 0 aromatic heterocycles. The van der Waals surface area contributed by atoms with Crippen LogP contribution in [0.1, 0.15) is 11.1 Å². The van der Waals surface area contributed by atoms with Gasteiger partial charge in [0, 0.05) is 18.6 Å². The molecule has 0 heterocycles. The molecule has 1 amide bonds. The van der Waals surface area contributed by atoms with Gasteiger partial charge in [0.15, 0.2) is 0 Å². The smallest absolute Gasteiger partial charge is 0.227 e. The highest BCUT2D eigenvalue weighted by Crippen LogP contribution is 2.17. The van der Waals surface area contributed by atoms with Gasteiger partial charge in [-0.05, 0) is 29.3 Å². The molecule has 0 fully saturated rings. The van der Waals surface area contributed by atoms with E-state index in [1.54, 1.807) is 25.1 Å². The topological polar surface area (TPSA) is 29.5 Å². The number of hydrogen-bond donors (Lipinski definition) is 0. The van der Waals surface area contributed by atoms with Crippen molar-refractivity contribution in [3.63, 3.8) is 0 Å². The summed E-state index contributed by atoms with van der Waals surface area (Å²) >= 11 is 6.08. The van der Waals surface area contributed by atoms with Crippen LogP contribution in [-0.4, -0.2) is 25.0 Å². The summed E-state index contributed by atoms with van der Waals surface area (Å²) in [6.45, 7) is 0.563. The van der Waals surface area contributed by atoms with Crippen LogP contribution in [-0.2, 0) is 17.8 Å². The molecule has 0 saturated carbocycles. The molecule has 0 unspecified atom stereocenters. The van der Waals surface area contributed by atoms with E-state index in [1.165, 1.54) is 0 Å². The fourth-order valence-electron chi connectivity index (χ4n) is 2.03. The Hall–Kier alpha value is -2.00. The van der Waals surface area contributed by atoms with Gasteiger partial charge in [-0.1, -0.05) is 41.9 Å². The number of amides is 1. The number of halogens is 1. The van der Waals surface area contributed by atoms with Crippen molar-refractivity contribution in [1.29, 1.82) is 0 Å². The van der Waals surface area contributed by atoms with Gasteiger partial charge >= 0.3 is 0 Å². The first-order valence-corrected chi connectivity index (χ1v) is 7.08. The van der Waals surface area contributed by atoms with E-state index in [9.17, 15) is 4.79 Å². The quantitative estimate of drug-likeness (QED) is 0.845. The first kappa shape index (κ1) is 15.4. The summed E-state index contributed by atoms with van der Waals surface area (Å²) < 4.78 is 5.12. The molecular formula is C17H18ClNO2. The minimum absolute atomic E-state index is 0.0407. The van der Waals surface area contributed by atoms with Crippen molar-refractivity contribution in [2.24, 2.45) is 0 Å². The van der Waals surface area contributed by atoms with Gasteiger partial charge in [0.2, 0.25) is 5.91 Å². The van der Waals surface area contributed by atoms with Crippen LogP contribution in [0.4, 0.5) is 0 Å². The highest BCUT2D eigenvalue weighted by Gasteiger charge is 2.12. The van der Waals surface area contributed by atoms with Gasteiger partial charge in [-0.15, -0.1) is 0 Å². The molecule has 2 aromatic carbocycles. The lowest BCUT2D eigenvalue weighted by Gasteiger charge is -2.18. The number of nitrogens with zero attached hydrogens (tertiary/aromatic N) is 1. The van der Waals surface area contributed by atoms with Crippen molar-refractivity contribution >= 4 is 17.5 Å². The van der Waals surface area contributed by atoms with Gasteiger partial charge in [-0.25, -0.2) is 0 Å². The number of ether oxygens (including phenoxy) is 1. The molecule has 0 aliphatic rings. The van der Waals surface area contributed by atoms with Crippen LogP contribution < -0.4 is 4.74 Å². The summed E-state index contributed by atoms with van der Waals surface area (Å²) in [4.78, 5) is 13.9. The molecule has 21 heavy (non-hydrogen) atoms. The lowest BCUT2D eigenvalue weighted by Crippen LogP contribution is -2.27. The molecule has 0 radical (unpaired) electrons. The monoisotopic (exact) mass is 303 g/mol. The summed E-state index contributed by atoms with van der Waals surface area (Å²) in [6, 6.07) is 15.1. The van der Waals surface area contributed by atoms with Gasteiger partial charge < -0.3 is 9.64 Å². The summed E-state index contributed by atoms with van der Waals surface area (Å²) in [7, 11) is 3.43.